The van der Waals surface area contributed by atoms with Gasteiger partial charge in [0.15, 0.2) is 5.78 Å². The molecule has 5 heteroatoms. The summed E-state index contributed by atoms with van der Waals surface area (Å²) in [5.74, 6) is -1.22. The summed E-state index contributed by atoms with van der Waals surface area (Å²) in [6.07, 6.45) is -4.44. The van der Waals surface area contributed by atoms with Crippen molar-refractivity contribution in [1.29, 1.82) is 0 Å². The van der Waals surface area contributed by atoms with E-state index < -0.39 is 23.4 Å². The Balaban J connectivity index is 2.97. The molecule has 0 saturated heterocycles. The van der Waals surface area contributed by atoms with Gasteiger partial charge in [0.25, 0.3) is 0 Å². The number of hydrogen-bond acceptors (Lipinski definition) is 2. The SMILES string of the molecule is CC(=O)CC(C)C(=O)c1cccc(C(F)(F)F)c1. The molecule has 98 valence electrons. The molecule has 0 saturated carbocycles. The molecular weight excluding hydrogens is 245 g/mol. The average molecular weight is 258 g/mol. The molecule has 1 rings (SSSR count). The molecule has 1 aromatic carbocycles. The van der Waals surface area contributed by atoms with Crippen molar-refractivity contribution in [3.05, 3.63) is 35.4 Å². The number of Topliss-reactive ketones (excluding diaryl/α,β-unsaturated/α-hetero) is 2. The molecule has 0 bridgehead atoms. The van der Waals surface area contributed by atoms with Gasteiger partial charge >= 0.3 is 6.18 Å². The molecular formula is C13H13F3O2. The highest BCUT2D eigenvalue weighted by Gasteiger charge is 2.31. The average Bonchev–Trinajstić information content (AvgIpc) is 2.26. The monoisotopic (exact) mass is 258 g/mol. The van der Waals surface area contributed by atoms with E-state index >= 15 is 0 Å². The van der Waals surface area contributed by atoms with E-state index in [1.54, 1.807) is 0 Å². The van der Waals surface area contributed by atoms with E-state index in [2.05, 4.69) is 0 Å². The lowest BCUT2D eigenvalue weighted by atomic mass is 9.94. The molecule has 1 unspecified atom stereocenters. The smallest absolute Gasteiger partial charge is 0.300 e. The minimum absolute atomic E-state index is 0.0152. The quantitative estimate of drug-likeness (QED) is 0.774. The van der Waals surface area contributed by atoms with Crippen molar-refractivity contribution < 1.29 is 22.8 Å². The molecule has 0 aromatic heterocycles. The highest BCUT2D eigenvalue weighted by molar-refractivity contribution is 5.99. The highest BCUT2D eigenvalue weighted by atomic mass is 19.4. The van der Waals surface area contributed by atoms with Crippen molar-refractivity contribution in [3.63, 3.8) is 0 Å². The van der Waals surface area contributed by atoms with E-state index in [1.165, 1.54) is 26.0 Å². The number of halogens is 3. The van der Waals surface area contributed by atoms with Gasteiger partial charge in [0.05, 0.1) is 5.56 Å². The first-order chi connectivity index (χ1) is 8.21. The zero-order valence-electron chi connectivity index (χ0n) is 10.0. The molecule has 1 atom stereocenters. The Kier molecular flexibility index (Phi) is 4.27. The number of carbonyl (C=O) groups is 2. The van der Waals surface area contributed by atoms with Crippen LogP contribution in [0.4, 0.5) is 13.2 Å². The maximum Gasteiger partial charge on any atom is 0.416 e. The Morgan fingerprint density at radius 2 is 1.89 bits per heavy atom. The summed E-state index contributed by atoms with van der Waals surface area (Å²) in [6, 6.07) is 4.25. The predicted molar refractivity (Wildman–Crippen MR) is 60.2 cm³/mol. The van der Waals surface area contributed by atoms with Crippen molar-refractivity contribution in [2.24, 2.45) is 5.92 Å². The molecule has 0 aliphatic heterocycles. The Morgan fingerprint density at radius 3 is 2.39 bits per heavy atom. The fourth-order valence-electron chi connectivity index (χ4n) is 1.66. The van der Waals surface area contributed by atoms with Gasteiger partial charge in [-0.25, -0.2) is 0 Å². The maximum atomic E-state index is 12.5. The Labute approximate surface area is 103 Å². The zero-order valence-corrected chi connectivity index (χ0v) is 10.0. The van der Waals surface area contributed by atoms with Crippen LogP contribution in [0.2, 0.25) is 0 Å². The number of benzene rings is 1. The van der Waals surface area contributed by atoms with Gasteiger partial charge in [-0.05, 0) is 19.1 Å². The molecule has 1 aromatic rings. The van der Waals surface area contributed by atoms with Gasteiger partial charge in [-0.3, -0.25) is 4.79 Å². The predicted octanol–water partition coefficient (Wildman–Crippen LogP) is 3.50. The highest BCUT2D eigenvalue weighted by Crippen LogP contribution is 2.30. The third-order valence-electron chi connectivity index (χ3n) is 2.52. The number of alkyl halides is 3. The molecule has 0 aliphatic carbocycles. The molecule has 0 amide bonds. The van der Waals surface area contributed by atoms with Crippen LogP contribution in [0.3, 0.4) is 0 Å². The van der Waals surface area contributed by atoms with Crippen LogP contribution >= 0.6 is 0 Å². The summed E-state index contributed by atoms with van der Waals surface area (Å²) in [5.41, 5.74) is -0.873. The second kappa shape index (κ2) is 5.33. The number of carbonyl (C=O) groups excluding carboxylic acids is 2. The Morgan fingerprint density at radius 1 is 1.28 bits per heavy atom. The number of hydrogen-bond donors (Lipinski definition) is 0. The topological polar surface area (TPSA) is 34.1 Å². The lowest BCUT2D eigenvalue weighted by Gasteiger charge is -2.11. The summed E-state index contributed by atoms with van der Waals surface area (Å²) >= 11 is 0. The van der Waals surface area contributed by atoms with Crippen molar-refractivity contribution >= 4 is 11.6 Å². The van der Waals surface area contributed by atoms with Crippen LogP contribution in [-0.4, -0.2) is 11.6 Å². The fourth-order valence-corrected chi connectivity index (χ4v) is 1.66. The zero-order chi connectivity index (χ0) is 13.9. The second-order valence-electron chi connectivity index (χ2n) is 4.25. The van der Waals surface area contributed by atoms with E-state index in [0.717, 1.165) is 12.1 Å². The summed E-state index contributed by atoms with van der Waals surface area (Å²) < 4.78 is 37.4. The van der Waals surface area contributed by atoms with Crippen molar-refractivity contribution in [3.8, 4) is 0 Å². The first-order valence-corrected chi connectivity index (χ1v) is 5.42. The Bertz CT molecular complexity index is 464. The minimum atomic E-state index is -4.47. The molecule has 0 spiro atoms. The van der Waals surface area contributed by atoms with Crippen molar-refractivity contribution in [2.45, 2.75) is 26.4 Å². The Hall–Kier alpha value is -1.65. The standard InChI is InChI=1S/C13H13F3O2/c1-8(6-9(2)17)12(18)10-4-3-5-11(7-10)13(14,15)16/h3-5,7-8H,6H2,1-2H3. The number of rotatable bonds is 4. The van der Waals surface area contributed by atoms with Crippen LogP contribution in [0.5, 0.6) is 0 Å². The van der Waals surface area contributed by atoms with Gasteiger partial charge in [-0.15, -0.1) is 0 Å². The van der Waals surface area contributed by atoms with E-state index in [4.69, 9.17) is 0 Å². The lowest BCUT2D eigenvalue weighted by Crippen LogP contribution is -2.15. The maximum absolute atomic E-state index is 12.5. The first kappa shape index (κ1) is 14.4. The summed E-state index contributed by atoms with van der Waals surface area (Å²) in [4.78, 5) is 22.7. The van der Waals surface area contributed by atoms with E-state index in [-0.39, 0.29) is 17.8 Å². The summed E-state index contributed by atoms with van der Waals surface area (Å²) in [7, 11) is 0. The second-order valence-corrected chi connectivity index (χ2v) is 4.25. The molecule has 0 fully saturated rings. The molecule has 18 heavy (non-hydrogen) atoms. The largest absolute Gasteiger partial charge is 0.416 e. The number of ketones is 2. The van der Waals surface area contributed by atoms with Crippen molar-refractivity contribution in [1.82, 2.24) is 0 Å². The molecule has 0 N–H and O–H groups in total. The summed E-state index contributed by atoms with van der Waals surface area (Å²) in [5, 5.41) is 0. The third-order valence-corrected chi connectivity index (χ3v) is 2.52. The van der Waals surface area contributed by atoms with Crippen LogP contribution in [0.15, 0.2) is 24.3 Å². The van der Waals surface area contributed by atoms with Crippen LogP contribution < -0.4 is 0 Å². The van der Waals surface area contributed by atoms with Crippen LogP contribution in [0, 0.1) is 5.92 Å². The van der Waals surface area contributed by atoms with Gasteiger partial charge < -0.3 is 4.79 Å². The molecule has 0 aliphatic rings. The fraction of sp³-hybridized carbons (Fsp3) is 0.385. The van der Waals surface area contributed by atoms with Crippen molar-refractivity contribution in [2.75, 3.05) is 0 Å². The van der Waals surface area contributed by atoms with E-state index in [0.29, 0.717) is 0 Å². The lowest BCUT2D eigenvalue weighted by molar-refractivity contribution is -0.137. The van der Waals surface area contributed by atoms with E-state index in [9.17, 15) is 22.8 Å². The van der Waals surface area contributed by atoms with Crippen LogP contribution in [0.25, 0.3) is 0 Å². The normalized spacial score (nSPS) is 13.2. The minimum Gasteiger partial charge on any atom is -0.300 e. The summed E-state index contributed by atoms with van der Waals surface area (Å²) in [6.45, 7) is 2.87. The van der Waals surface area contributed by atoms with Crippen LogP contribution in [-0.2, 0) is 11.0 Å². The van der Waals surface area contributed by atoms with Crippen LogP contribution in [0.1, 0.15) is 36.2 Å². The molecule has 0 heterocycles. The van der Waals surface area contributed by atoms with E-state index in [1.807, 2.05) is 0 Å². The third kappa shape index (κ3) is 3.68. The first-order valence-electron chi connectivity index (χ1n) is 5.42. The van der Waals surface area contributed by atoms with Gasteiger partial charge in [0.1, 0.15) is 5.78 Å². The van der Waals surface area contributed by atoms with Gasteiger partial charge in [-0.2, -0.15) is 13.2 Å². The van der Waals surface area contributed by atoms with Gasteiger partial charge in [-0.1, -0.05) is 19.1 Å². The van der Waals surface area contributed by atoms with Gasteiger partial charge in [0.2, 0.25) is 0 Å². The molecule has 0 radical (unpaired) electrons. The van der Waals surface area contributed by atoms with Gasteiger partial charge in [0, 0.05) is 17.9 Å². The molecule has 2 nitrogen and oxygen atoms in total.